The van der Waals surface area contributed by atoms with Gasteiger partial charge < -0.3 is 10.1 Å². The lowest BCUT2D eigenvalue weighted by atomic mass is 10.1. The number of carbonyl (C=O) groups is 2. The Hall–Kier alpha value is -1.88. The Balaban J connectivity index is 2.67. The van der Waals surface area contributed by atoms with Crippen molar-refractivity contribution in [3.63, 3.8) is 0 Å². The minimum atomic E-state index is -0.344. The van der Waals surface area contributed by atoms with E-state index in [1.165, 1.54) is 7.11 Å². The summed E-state index contributed by atoms with van der Waals surface area (Å²) in [5, 5.41) is 2.88. The van der Waals surface area contributed by atoms with Crippen LogP contribution >= 0.6 is 0 Å². The maximum Gasteiger partial charge on any atom is 0.319 e. The van der Waals surface area contributed by atoms with Crippen LogP contribution in [0.1, 0.15) is 25.0 Å². The molecule has 0 heterocycles. The number of hydrogen-bond acceptors (Lipinski definition) is 4. The quantitative estimate of drug-likeness (QED) is 0.816. The van der Waals surface area contributed by atoms with Crippen molar-refractivity contribution in [1.82, 2.24) is 4.90 Å². The van der Waals surface area contributed by atoms with Crippen molar-refractivity contribution < 1.29 is 14.3 Å². The van der Waals surface area contributed by atoms with Gasteiger partial charge >= 0.3 is 5.97 Å². The lowest BCUT2D eigenvalue weighted by Crippen LogP contribution is -2.41. The van der Waals surface area contributed by atoms with Gasteiger partial charge in [0.05, 0.1) is 20.2 Å². The topological polar surface area (TPSA) is 58.6 Å². The standard InChI is InChI=1S/C16H24N2O3/c1-11(2)18(10-16(20)21-5)9-15(19)17-14-7-6-12(3)8-13(14)4/h6-8,11H,9-10H2,1-5H3,(H,17,19). The minimum absolute atomic E-state index is 0.0777. The molecule has 5 heteroatoms. The van der Waals surface area contributed by atoms with Crippen molar-refractivity contribution in [3.8, 4) is 0 Å². The van der Waals surface area contributed by atoms with Crippen LogP contribution in [0.2, 0.25) is 0 Å². The number of ether oxygens (including phenoxy) is 1. The zero-order valence-corrected chi connectivity index (χ0v) is 13.4. The summed E-state index contributed by atoms with van der Waals surface area (Å²) in [4.78, 5) is 25.3. The largest absolute Gasteiger partial charge is 0.468 e. The number of esters is 1. The predicted octanol–water partition coefficient (Wildman–Crippen LogP) is 2.13. The number of benzene rings is 1. The molecular weight excluding hydrogens is 268 g/mol. The van der Waals surface area contributed by atoms with Gasteiger partial charge in [-0.2, -0.15) is 0 Å². The molecule has 0 unspecified atom stereocenters. The first-order valence-corrected chi connectivity index (χ1v) is 7.01. The van der Waals surface area contributed by atoms with E-state index >= 15 is 0 Å². The molecule has 1 N–H and O–H groups in total. The van der Waals surface area contributed by atoms with E-state index in [-0.39, 0.29) is 31.0 Å². The molecule has 0 bridgehead atoms. The number of nitrogens with zero attached hydrogens (tertiary/aromatic N) is 1. The molecule has 0 atom stereocenters. The highest BCUT2D eigenvalue weighted by Gasteiger charge is 2.18. The van der Waals surface area contributed by atoms with Gasteiger partial charge in [-0.15, -0.1) is 0 Å². The third-order valence-electron chi connectivity index (χ3n) is 3.29. The van der Waals surface area contributed by atoms with E-state index in [1.807, 2.05) is 45.9 Å². The van der Waals surface area contributed by atoms with E-state index in [9.17, 15) is 9.59 Å². The summed E-state index contributed by atoms with van der Waals surface area (Å²) in [6.45, 7) is 8.10. The van der Waals surface area contributed by atoms with Gasteiger partial charge in [0.2, 0.25) is 5.91 Å². The van der Waals surface area contributed by atoms with Crippen LogP contribution in [0, 0.1) is 13.8 Å². The van der Waals surface area contributed by atoms with E-state index in [0.717, 1.165) is 16.8 Å². The van der Waals surface area contributed by atoms with Crippen molar-refractivity contribution in [2.24, 2.45) is 0 Å². The molecule has 0 spiro atoms. The Morgan fingerprint density at radius 3 is 2.43 bits per heavy atom. The van der Waals surface area contributed by atoms with E-state index in [1.54, 1.807) is 4.90 Å². The first-order chi connectivity index (χ1) is 9.83. The van der Waals surface area contributed by atoms with Crippen molar-refractivity contribution in [2.45, 2.75) is 33.7 Å². The summed E-state index contributed by atoms with van der Waals surface area (Å²) in [6.07, 6.45) is 0. The molecule has 1 rings (SSSR count). The number of hydrogen-bond donors (Lipinski definition) is 1. The lowest BCUT2D eigenvalue weighted by molar-refractivity contribution is -0.142. The van der Waals surface area contributed by atoms with Crippen molar-refractivity contribution in [1.29, 1.82) is 0 Å². The molecule has 116 valence electrons. The third kappa shape index (κ3) is 5.55. The molecular formula is C16H24N2O3. The normalized spacial score (nSPS) is 10.8. The molecule has 0 fully saturated rings. The number of rotatable bonds is 6. The van der Waals surface area contributed by atoms with Crippen LogP contribution in [-0.2, 0) is 14.3 Å². The van der Waals surface area contributed by atoms with Gasteiger partial charge in [0.1, 0.15) is 0 Å². The predicted molar refractivity (Wildman–Crippen MR) is 83.3 cm³/mol. The van der Waals surface area contributed by atoms with E-state index in [2.05, 4.69) is 10.1 Å². The van der Waals surface area contributed by atoms with Crippen LogP contribution in [0.15, 0.2) is 18.2 Å². The molecule has 1 aromatic carbocycles. The summed E-state index contributed by atoms with van der Waals surface area (Å²) in [6, 6.07) is 5.94. The molecule has 0 aliphatic carbocycles. The summed E-state index contributed by atoms with van der Waals surface area (Å²) in [7, 11) is 1.34. The summed E-state index contributed by atoms with van der Waals surface area (Å²) < 4.78 is 4.65. The number of nitrogens with one attached hydrogen (secondary N) is 1. The Morgan fingerprint density at radius 1 is 1.24 bits per heavy atom. The maximum atomic E-state index is 12.1. The highest BCUT2D eigenvalue weighted by atomic mass is 16.5. The van der Waals surface area contributed by atoms with Crippen LogP contribution in [-0.4, -0.2) is 43.0 Å². The second-order valence-electron chi connectivity index (χ2n) is 5.44. The van der Waals surface area contributed by atoms with Gasteiger partial charge in [0, 0.05) is 11.7 Å². The van der Waals surface area contributed by atoms with Gasteiger partial charge in [0.15, 0.2) is 0 Å². The first-order valence-electron chi connectivity index (χ1n) is 7.01. The lowest BCUT2D eigenvalue weighted by Gasteiger charge is -2.24. The van der Waals surface area contributed by atoms with E-state index in [0.29, 0.717) is 0 Å². The van der Waals surface area contributed by atoms with E-state index < -0.39 is 0 Å². The zero-order valence-electron chi connectivity index (χ0n) is 13.4. The molecule has 0 aliphatic heterocycles. The Morgan fingerprint density at radius 2 is 1.90 bits per heavy atom. The smallest absolute Gasteiger partial charge is 0.319 e. The maximum absolute atomic E-state index is 12.1. The monoisotopic (exact) mass is 292 g/mol. The SMILES string of the molecule is COC(=O)CN(CC(=O)Nc1ccc(C)cc1C)C(C)C. The zero-order chi connectivity index (χ0) is 16.0. The van der Waals surface area contributed by atoms with Crippen LogP contribution in [0.4, 0.5) is 5.69 Å². The van der Waals surface area contributed by atoms with Gasteiger partial charge in [-0.25, -0.2) is 0 Å². The molecule has 1 amide bonds. The third-order valence-corrected chi connectivity index (χ3v) is 3.29. The van der Waals surface area contributed by atoms with Gasteiger partial charge in [0.25, 0.3) is 0 Å². The van der Waals surface area contributed by atoms with Crippen LogP contribution in [0.3, 0.4) is 0 Å². The minimum Gasteiger partial charge on any atom is -0.468 e. The summed E-state index contributed by atoms with van der Waals surface area (Å²) >= 11 is 0. The fraction of sp³-hybridized carbons (Fsp3) is 0.500. The average molecular weight is 292 g/mol. The molecule has 5 nitrogen and oxygen atoms in total. The highest BCUT2D eigenvalue weighted by Crippen LogP contribution is 2.16. The molecule has 21 heavy (non-hydrogen) atoms. The van der Waals surface area contributed by atoms with Crippen LogP contribution in [0.5, 0.6) is 0 Å². The molecule has 1 aromatic rings. The van der Waals surface area contributed by atoms with Crippen molar-refractivity contribution in [3.05, 3.63) is 29.3 Å². The van der Waals surface area contributed by atoms with Gasteiger partial charge in [-0.1, -0.05) is 17.7 Å². The van der Waals surface area contributed by atoms with E-state index in [4.69, 9.17) is 0 Å². The number of carbonyl (C=O) groups excluding carboxylic acids is 2. The van der Waals surface area contributed by atoms with Crippen molar-refractivity contribution in [2.75, 3.05) is 25.5 Å². The molecule has 0 radical (unpaired) electrons. The summed E-state index contributed by atoms with van der Waals surface area (Å²) in [5.74, 6) is -0.484. The van der Waals surface area contributed by atoms with Gasteiger partial charge in [-0.3, -0.25) is 14.5 Å². The Kier molecular flexibility index (Phi) is 6.37. The molecule has 0 aromatic heterocycles. The first kappa shape index (κ1) is 17.2. The van der Waals surface area contributed by atoms with Crippen molar-refractivity contribution >= 4 is 17.6 Å². The molecule has 0 saturated carbocycles. The van der Waals surface area contributed by atoms with Gasteiger partial charge in [-0.05, 0) is 39.3 Å². The summed E-state index contributed by atoms with van der Waals surface area (Å²) in [5.41, 5.74) is 2.97. The fourth-order valence-electron chi connectivity index (χ4n) is 1.98. The molecule has 0 saturated heterocycles. The number of methoxy groups -OCH3 is 1. The highest BCUT2D eigenvalue weighted by molar-refractivity contribution is 5.93. The molecule has 0 aliphatic rings. The second kappa shape index (κ2) is 7.78. The van der Waals surface area contributed by atoms with Crippen LogP contribution in [0.25, 0.3) is 0 Å². The number of anilines is 1. The fourth-order valence-corrected chi connectivity index (χ4v) is 1.98. The number of amides is 1. The Bertz CT molecular complexity index is 512. The van der Waals surface area contributed by atoms with Crippen LogP contribution < -0.4 is 5.32 Å². The average Bonchev–Trinajstić information content (AvgIpc) is 2.40. The Labute approximate surface area is 126 Å². The number of aryl methyl sites for hydroxylation is 2. The second-order valence-corrected chi connectivity index (χ2v) is 5.44.